The lowest BCUT2D eigenvalue weighted by molar-refractivity contribution is -0.385. The number of nitro benzene ring substituents is 1. The van der Waals surface area contributed by atoms with Crippen LogP contribution in [0.2, 0.25) is 0 Å². The number of rotatable bonds is 4. The lowest BCUT2D eigenvalue weighted by Gasteiger charge is -2.32. The van der Waals surface area contributed by atoms with Gasteiger partial charge in [-0.2, -0.15) is 0 Å². The molecule has 104 valence electrons. The average Bonchev–Trinajstić information content (AvgIpc) is 2.41. The van der Waals surface area contributed by atoms with Crippen molar-refractivity contribution in [1.29, 1.82) is 0 Å². The van der Waals surface area contributed by atoms with Crippen molar-refractivity contribution in [3.05, 3.63) is 38.3 Å². The molecule has 1 saturated heterocycles. The lowest BCUT2D eigenvalue weighted by Crippen LogP contribution is -2.43. The molecule has 1 aliphatic rings. The molecule has 6 heteroatoms. The fraction of sp³-hybridized carbons (Fsp3) is 0.538. The van der Waals surface area contributed by atoms with Crippen LogP contribution in [0, 0.1) is 10.1 Å². The van der Waals surface area contributed by atoms with Crippen LogP contribution >= 0.6 is 15.9 Å². The normalized spacial score (nSPS) is 20.4. The zero-order valence-corrected chi connectivity index (χ0v) is 12.5. The molecule has 1 fully saturated rings. The van der Waals surface area contributed by atoms with Gasteiger partial charge in [-0.1, -0.05) is 12.1 Å². The van der Waals surface area contributed by atoms with Crippen molar-refractivity contribution in [2.45, 2.75) is 25.4 Å². The summed E-state index contributed by atoms with van der Waals surface area (Å²) >= 11 is 3.36. The number of hydrogen-bond acceptors (Lipinski definition) is 4. The van der Waals surface area contributed by atoms with E-state index in [2.05, 4.69) is 26.1 Å². The summed E-state index contributed by atoms with van der Waals surface area (Å²) in [5.74, 6) is 0. The minimum absolute atomic E-state index is 0.139. The maximum absolute atomic E-state index is 10.9. The third-order valence-electron chi connectivity index (χ3n) is 3.56. The highest BCUT2D eigenvalue weighted by atomic mass is 79.9. The fourth-order valence-corrected chi connectivity index (χ4v) is 3.04. The van der Waals surface area contributed by atoms with Crippen molar-refractivity contribution in [3.63, 3.8) is 0 Å². The van der Waals surface area contributed by atoms with Gasteiger partial charge in [0.1, 0.15) is 0 Å². The van der Waals surface area contributed by atoms with E-state index in [0.29, 0.717) is 10.5 Å². The van der Waals surface area contributed by atoms with Crippen LogP contribution in [-0.4, -0.2) is 36.0 Å². The van der Waals surface area contributed by atoms with Gasteiger partial charge in [0.25, 0.3) is 5.69 Å². The topological polar surface area (TPSA) is 58.4 Å². The number of benzene rings is 1. The van der Waals surface area contributed by atoms with Gasteiger partial charge in [0.05, 0.1) is 9.40 Å². The lowest BCUT2D eigenvalue weighted by atomic mass is 10.0. The first-order valence-corrected chi connectivity index (χ1v) is 7.22. The summed E-state index contributed by atoms with van der Waals surface area (Å²) in [4.78, 5) is 12.9. The van der Waals surface area contributed by atoms with Gasteiger partial charge in [-0.25, -0.2) is 0 Å². The minimum Gasteiger partial charge on any atom is -0.316 e. The number of halogens is 1. The molecule has 1 aromatic rings. The molecule has 0 saturated carbocycles. The number of nitrogens with one attached hydrogen (secondary N) is 1. The number of hydrogen-bond donors (Lipinski definition) is 1. The van der Waals surface area contributed by atoms with E-state index in [9.17, 15) is 10.1 Å². The Morgan fingerprint density at radius 3 is 3.05 bits per heavy atom. The van der Waals surface area contributed by atoms with Crippen molar-refractivity contribution >= 4 is 21.6 Å². The summed E-state index contributed by atoms with van der Waals surface area (Å²) in [6.07, 6.45) is 2.36. The van der Waals surface area contributed by atoms with Crippen LogP contribution in [0.1, 0.15) is 18.4 Å². The van der Waals surface area contributed by atoms with E-state index >= 15 is 0 Å². The third kappa shape index (κ3) is 3.52. The van der Waals surface area contributed by atoms with E-state index in [0.717, 1.165) is 31.6 Å². The molecular weight excluding hydrogens is 310 g/mol. The smallest absolute Gasteiger partial charge is 0.283 e. The number of piperidine rings is 1. The van der Waals surface area contributed by atoms with Crippen LogP contribution in [0.4, 0.5) is 5.69 Å². The van der Waals surface area contributed by atoms with Gasteiger partial charge in [0.15, 0.2) is 0 Å². The summed E-state index contributed by atoms with van der Waals surface area (Å²) in [6, 6.07) is 5.74. The molecule has 1 aromatic carbocycles. The monoisotopic (exact) mass is 327 g/mol. The van der Waals surface area contributed by atoms with Crippen molar-refractivity contribution in [1.82, 2.24) is 10.2 Å². The zero-order valence-electron chi connectivity index (χ0n) is 10.9. The average molecular weight is 328 g/mol. The van der Waals surface area contributed by atoms with Gasteiger partial charge in [-0.3, -0.25) is 15.0 Å². The molecule has 2 rings (SSSR count). The molecule has 19 heavy (non-hydrogen) atoms. The van der Waals surface area contributed by atoms with Crippen molar-refractivity contribution < 1.29 is 4.92 Å². The number of nitrogens with zero attached hydrogens (tertiary/aromatic N) is 2. The highest BCUT2D eigenvalue weighted by molar-refractivity contribution is 9.10. The van der Waals surface area contributed by atoms with Crippen LogP contribution in [0.15, 0.2) is 22.7 Å². The molecule has 1 unspecified atom stereocenters. The first-order chi connectivity index (χ1) is 9.11. The molecular formula is C13H18BrN3O2. The van der Waals surface area contributed by atoms with Gasteiger partial charge in [-0.15, -0.1) is 0 Å². The standard InChI is InChI=1S/C13H18BrN3O2/c1-15-11-5-3-7-16(9-11)8-10-4-2-6-12(13(10)14)17(18)19/h2,4,6,11,15H,3,5,7-9H2,1H3. The Morgan fingerprint density at radius 2 is 2.37 bits per heavy atom. The molecule has 0 aromatic heterocycles. The number of likely N-dealkylation sites (N-methyl/N-ethyl adjacent to an activating group) is 1. The second-order valence-corrected chi connectivity index (χ2v) is 5.66. The van der Waals surface area contributed by atoms with E-state index in [1.54, 1.807) is 6.07 Å². The molecule has 0 radical (unpaired) electrons. The summed E-state index contributed by atoms with van der Waals surface area (Å²) < 4.78 is 0.603. The Balaban J connectivity index is 2.10. The SMILES string of the molecule is CNC1CCCN(Cc2cccc([N+](=O)[O-])c2Br)C1. The van der Waals surface area contributed by atoms with Crippen LogP contribution < -0.4 is 5.32 Å². The van der Waals surface area contributed by atoms with Crippen LogP contribution in [-0.2, 0) is 6.54 Å². The van der Waals surface area contributed by atoms with Crippen molar-refractivity contribution in [2.75, 3.05) is 20.1 Å². The number of likely N-dealkylation sites (tertiary alicyclic amines) is 1. The van der Waals surface area contributed by atoms with Crippen LogP contribution in [0.25, 0.3) is 0 Å². The Kier molecular flexibility index (Phi) is 4.90. The Morgan fingerprint density at radius 1 is 1.58 bits per heavy atom. The second kappa shape index (κ2) is 6.45. The molecule has 0 bridgehead atoms. The molecule has 0 amide bonds. The van der Waals surface area contributed by atoms with E-state index < -0.39 is 0 Å². The highest BCUT2D eigenvalue weighted by Gasteiger charge is 2.21. The Labute approximate surface area is 121 Å². The largest absolute Gasteiger partial charge is 0.316 e. The van der Waals surface area contributed by atoms with E-state index in [-0.39, 0.29) is 10.6 Å². The summed E-state index contributed by atoms with van der Waals surface area (Å²) in [5, 5.41) is 14.2. The quantitative estimate of drug-likeness (QED) is 0.682. The number of nitro groups is 1. The van der Waals surface area contributed by atoms with Gasteiger partial charge >= 0.3 is 0 Å². The Hall–Kier alpha value is -0.980. The summed E-state index contributed by atoms with van der Waals surface area (Å²) in [5.41, 5.74) is 1.12. The molecule has 1 aliphatic heterocycles. The molecule has 0 aliphatic carbocycles. The van der Waals surface area contributed by atoms with E-state index in [1.807, 2.05) is 13.1 Å². The fourth-order valence-electron chi connectivity index (χ4n) is 2.51. The summed E-state index contributed by atoms with van der Waals surface area (Å²) in [6.45, 7) is 2.79. The Bertz CT molecular complexity index is 467. The first-order valence-electron chi connectivity index (χ1n) is 6.43. The minimum atomic E-state index is -0.347. The molecule has 0 spiro atoms. The predicted octanol–water partition coefficient (Wildman–Crippen LogP) is 2.54. The highest BCUT2D eigenvalue weighted by Crippen LogP contribution is 2.29. The van der Waals surface area contributed by atoms with Crippen LogP contribution in [0.5, 0.6) is 0 Å². The maximum atomic E-state index is 10.9. The maximum Gasteiger partial charge on any atom is 0.283 e. The second-order valence-electron chi connectivity index (χ2n) is 4.87. The van der Waals surface area contributed by atoms with E-state index in [4.69, 9.17) is 0 Å². The third-order valence-corrected chi connectivity index (χ3v) is 4.48. The van der Waals surface area contributed by atoms with Crippen LogP contribution in [0.3, 0.4) is 0 Å². The van der Waals surface area contributed by atoms with Gasteiger partial charge < -0.3 is 5.32 Å². The van der Waals surface area contributed by atoms with Gasteiger partial charge in [-0.05, 0) is 47.9 Å². The van der Waals surface area contributed by atoms with Gasteiger partial charge in [0.2, 0.25) is 0 Å². The van der Waals surface area contributed by atoms with E-state index in [1.165, 1.54) is 12.5 Å². The molecule has 1 N–H and O–H groups in total. The van der Waals surface area contributed by atoms with Crippen molar-refractivity contribution in [3.8, 4) is 0 Å². The van der Waals surface area contributed by atoms with Gasteiger partial charge in [0, 0.05) is 25.2 Å². The first kappa shape index (κ1) is 14.4. The molecule has 5 nitrogen and oxygen atoms in total. The molecule has 1 atom stereocenters. The van der Waals surface area contributed by atoms with Crippen molar-refractivity contribution in [2.24, 2.45) is 0 Å². The predicted molar refractivity (Wildman–Crippen MR) is 78.2 cm³/mol. The zero-order chi connectivity index (χ0) is 13.8. The summed E-state index contributed by atoms with van der Waals surface area (Å²) in [7, 11) is 1.98. The molecule has 1 heterocycles.